The zero-order valence-electron chi connectivity index (χ0n) is 14.8. The standard InChI is InChI=1S/C18H25ClN6O/c19-18-23-15(20)14-16(24-18)25(10-21-14)13-8-6-11(7-9-13)17(26)22-12-4-2-1-3-5-12/h10-13H,1-9H2,(H,22,26)(H2,20,23,24)/t11-,13+. The molecule has 2 heterocycles. The van der Waals surface area contributed by atoms with Crippen molar-refractivity contribution in [3.8, 4) is 0 Å². The molecule has 0 radical (unpaired) electrons. The highest BCUT2D eigenvalue weighted by Crippen LogP contribution is 2.34. The molecular weight excluding hydrogens is 352 g/mol. The Balaban J connectivity index is 1.40. The molecule has 0 saturated heterocycles. The van der Waals surface area contributed by atoms with Crippen LogP contribution in [0.2, 0.25) is 5.28 Å². The number of halogens is 1. The first-order chi connectivity index (χ1) is 12.6. The van der Waals surface area contributed by atoms with Gasteiger partial charge in [-0.2, -0.15) is 9.97 Å². The van der Waals surface area contributed by atoms with Crippen LogP contribution in [0, 0.1) is 5.92 Å². The Kier molecular flexibility index (Phi) is 4.98. The van der Waals surface area contributed by atoms with Gasteiger partial charge in [-0.05, 0) is 50.1 Å². The van der Waals surface area contributed by atoms with E-state index in [0.717, 1.165) is 38.5 Å². The summed E-state index contributed by atoms with van der Waals surface area (Å²) in [5, 5.41) is 3.41. The molecule has 0 aliphatic heterocycles. The fourth-order valence-electron chi connectivity index (χ4n) is 4.36. The van der Waals surface area contributed by atoms with Gasteiger partial charge in [0, 0.05) is 18.0 Å². The highest BCUT2D eigenvalue weighted by atomic mass is 35.5. The van der Waals surface area contributed by atoms with E-state index in [1.807, 2.05) is 4.57 Å². The molecule has 0 aromatic carbocycles. The summed E-state index contributed by atoms with van der Waals surface area (Å²) in [6.07, 6.45) is 11.4. The second-order valence-corrected chi connectivity index (χ2v) is 7.89. The molecule has 26 heavy (non-hydrogen) atoms. The van der Waals surface area contributed by atoms with Crippen LogP contribution in [0.15, 0.2) is 6.33 Å². The van der Waals surface area contributed by atoms with Crippen LogP contribution < -0.4 is 11.1 Å². The Bertz CT molecular complexity index is 792. The lowest BCUT2D eigenvalue weighted by molar-refractivity contribution is -0.127. The predicted octanol–water partition coefficient (Wildman–Crippen LogP) is 3.24. The Morgan fingerprint density at radius 2 is 1.85 bits per heavy atom. The van der Waals surface area contributed by atoms with Crippen LogP contribution in [0.3, 0.4) is 0 Å². The lowest BCUT2D eigenvalue weighted by Crippen LogP contribution is -2.41. The summed E-state index contributed by atoms with van der Waals surface area (Å²) >= 11 is 5.95. The number of fused-ring (bicyclic) bond motifs is 1. The Labute approximate surface area is 157 Å². The smallest absolute Gasteiger partial charge is 0.226 e. The summed E-state index contributed by atoms with van der Waals surface area (Å²) in [7, 11) is 0. The van der Waals surface area contributed by atoms with Crippen molar-refractivity contribution in [1.29, 1.82) is 0 Å². The third kappa shape index (κ3) is 3.49. The number of rotatable bonds is 3. The van der Waals surface area contributed by atoms with E-state index in [-0.39, 0.29) is 23.2 Å². The Morgan fingerprint density at radius 3 is 2.58 bits per heavy atom. The molecule has 140 valence electrons. The van der Waals surface area contributed by atoms with Gasteiger partial charge in [0.15, 0.2) is 11.5 Å². The minimum absolute atomic E-state index is 0.117. The van der Waals surface area contributed by atoms with E-state index in [1.54, 1.807) is 6.33 Å². The lowest BCUT2D eigenvalue weighted by Gasteiger charge is -2.31. The van der Waals surface area contributed by atoms with E-state index in [4.69, 9.17) is 17.3 Å². The predicted molar refractivity (Wildman–Crippen MR) is 101 cm³/mol. The molecular formula is C18H25ClN6O. The van der Waals surface area contributed by atoms with Crippen molar-refractivity contribution in [1.82, 2.24) is 24.8 Å². The van der Waals surface area contributed by atoms with Gasteiger partial charge < -0.3 is 15.6 Å². The van der Waals surface area contributed by atoms with Gasteiger partial charge in [0.05, 0.1) is 6.33 Å². The molecule has 2 saturated carbocycles. The normalized spacial score (nSPS) is 24.7. The van der Waals surface area contributed by atoms with Gasteiger partial charge in [0.2, 0.25) is 11.2 Å². The number of carbonyl (C=O) groups is 1. The molecule has 1 amide bonds. The van der Waals surface area contributed by atoms with Gasteiger partial charge in [0.25, 0.3) is 0 Å². The van der Waals surface area contributed by atoms with E-state index >= 15 is 0 Å². The molecule has 2 fully saturated rings. The third-order valence-electron chi connectivity index (χ3n) is 5.83. The highest BCUT2D eigenvalue weighted by Gasteiger charge is 2.29. The Hall–Kier alpha value is -1.89. The van der Waals surface area contributed by atoms with E-state index in [9.17, 15) is 4.79 Å². The minimum Gasteiger partial charge on any atom is -0.382 e. The van der Waals surface area contributed by atoms with E-state index in [0.29, 0.717) is 23.0 Å². The number of imidazole rings is 1. The summed E-state index contributed by atoms with van der Waals surface area (Å²) < 4.78 is 2.04. The van der Waals surface area contributed by atoms with Crippen molar-refractivity contribution in [3.05, 3.63) is 11.6 Å². The molecule has 0 atom stereocenters. The molecule has 0 bridgehead atoms. The number of nitrogen functional groups attached to an aromatic ring is 1. The third-order valence-corrected chi connectivity index (χ3v) is 6.00. The molecule has 2 aromatic rings. The molecule has 8 heteroatoms. The quantitative estimate of drug-likeness (QED) is 0.801. The first kappa shape index (κ1) is 17.5. The van der Waals surface area contributed by atoms with Gasteiger partial charge in [-0.1, -0.05) is 19.3 Å². The van der Waals surface area contributed by atoms with Crippen LogP contribution in [0.4, 0.5) is 5.82 Å². The van der Waals surface area contributed by atoms with Crippen molar-refractivity contribution in [2.24, 2.45) is 5.92 Å². The number of amides is 1. The van der Waals surface area contributed by atoms with E-state index < -0.39 is 0 Å². The van der Waals surface area contributed by atoms with Crippen LogP contribution in [0.1, 0.15) is 63.8 Å². The number of nitrogens with zero attached hydrogens (tertiary/aromatic N) is 4. The summed E-state index contributed by atoms with van der Waals surface area (Å²) in [4.78, 5) is 25.2. The SMILES string of the molecule is Nc1nc(Cl)nc2c1ncn2[C@H]1CC[C@@H](C(=O)NC2CCCCC2)CC1. The van der Waals surface area contributed by atoms with Crippen LogP contribution in [-0.4, -0.2) is 31.5 Å². The van der Waals surface area contributed by atoms with Crippen molar-refractivity contribution in [2.75, 3.05) is 5.73 Å². The second kappa shape index (κ2) is 7.39. The second-order valence-electron chi connectivity index (χ2n) is 7.55. The number of hydrogen-bond donors (Lipinski definition) is 2. The number of hydrogen-bond acceptors (Lipinski definition) is 5. The maximum atomic E-state index is 12.6. The van der Waals surface area contributed by atoms with E-state index in [1.165, 1.54) is 19.3 Å². The fraction of sp³-hybridized carbons (Fsp3) is 0.667. The molecule has 2 aromatic heterocycles. The zero-order chi connectivity index (χ0) is 18.1. The monoisotopic (exact) mass is 376 g/mol. The van der Waals surface area contributed by atoms with E-state index in [2.05, 4.69) is 20.3 Å². The number of aromatic nitrogens is 4. The van der Waals surface area contributed by atoms with Gasteiger partial charge in [-0.15, -0.1) is 0 Å². The number of anilines is 1. The van der Waals surface area contributed by atoms with Crippen molar-refractivity contribution < 1.29 is 4.79 Å². The molecule has 0 spiro atoms. The fourth-order valence-corrected chi connectivity index (χ4v) is 4.53. The molecule has 2 aliphatic rings. The molecule has 2 aliphatic carbocycles. The summed E-state index contributed by atoms with van der Waals surface area (Å²) in [5.74, 6) is 0.658. The summed E-state index contributed by atoms with van der Waals surface area (Å²) in [6.45, 7) is 0. The van der Waals surface area contributed by atoms with Gasteiger partial charge in [-0.25, -0.2) is 4.98 Å². The van der Waals surface area contributed by atoms with Crippen molar-refractivity contribution in [3.63, 3.8) is 0 Å². The average Bonchev–Trinajstić information content (AvgIpc) is 3.07. The maximum absolute atomic E-state index is 12.6. The van der Waals surface area contributed by atoms with Crippen LogP contribution in [-0.2, 0) is 4.79 Å². The Morgan fingerprint density at radius 1 is 1.12 bits per heavy atom. The first-order valence-electron chi connectivity index (χ1n) is 9.57. The molecule has 4 rings (SSSR count). The van der Waals surface area contributed by atoms with Crippen LogP contribution in [0.25, 0.3) is 11.2 Å². The molecule has 3 N–H and O–H groups in total. The molecule has 0 unspecified atom stereocenters. The summed E-state index contributed by atoms with van der Waals surface area (Å²) in [5.41, 5.74) is 7.15. The first-order valence-corrected chi connectivity index (χ1v) is 9.95. The highest BCUT2D eigenvalue weighted by molar-refractivity contribution is 6.28. The average molecular weight is 377 g/mol. The minimum atomic E-state index is 0.117. The topological polar surface area (TPSA) is 98.7 Å². The summed E-state index contributed by atoms with van der Waals surface area (Å²) in [6, 6.07) is 0.650. The van der Waals surface area contributed by atoms with Gasteiger partial charge >= 0.3 is 0 Å². The number of nitrogens with two attached hydrogens (primary N) is 1. The zero-order valence-corrected chi connectivity index (χ0v) is 15.6. The molecule has 7 nitrogen and oxygen atoms in total. The van der Waals surface area contributed by atoms with Crippen molar-refractivity contribution in [2.45, 2.75) is 69.9 Å². The van der Waals surface area contributed by atoms with Crippen LogP contribution >= 0.6 is 11.6 Å². The van der Waals surface area contributed by atoms with Crippen LogP contribution in [0.5, 0.6) is 0 Å². The maximum Gasteiger partial charge on any atom is 0.226 e. The lowest BCUT2D eigenvalue weighted by atomic mass is 9.84. The van der Waals surface area contributed by atoms with Crippen molar-refractivity contribution >= 4 is 34.5 Å². The van der Waals surface area contributed by atoms with Gasteiger partial charge in [-0.3, -0.25) is 4.79 Å². The van der Waals surface area contributed by atoms with Gasteiger partial charge in [0.1, 0.15) is 5.52 Å². The number of carbonyl (C=O) groups excluding carboxylic acids is 1. The number of nitrogens with one attached hydrogen (secondary N) is 1. The largest absolute Gasteiger partial charge is 0.382 e.